The van der Waals surface area contributed by atoms with Crippen LogP contribution in [0.5, 0.6) is 0 Å². The lowest BCUT2D eigenvalue weighted by atomic mass is 9.99. The van der Waals surface area contributed by atoms with Crippen molar-refractivity contribution in [2.24, 2.45) is 5.92 Å². The molecule has 1 heterocycles. The molecule has 1 atom stereocenters. The van der Waals surface area contributed by atoms with Gasteiger partial charge in [0.05, 0.1) is 23.2 Å². The van der Waals surface area contributed by atoms with Crippen LogP contribution in [0.1, 0.15) is 18.1 Å². The molecule has 0 radical (unpaired) electrons. The van der Waals surface area contributed by atoms with Crippen LogP contribution in [0, 0.1) is 16.0 Å². The molecule has 9 heteroatoms. The van der Waals surface area contributed by atoms with Crippen LogP contribution in [-0.2, 0) is 22.6 Å². The summed E-state index contributed by atoms with van der Waals surface area (Å²) in [4.78, 5) is 37.0. The fraction of sp³-hybridized carbons (Fsp3) is 0.227. The molecule has 31 heavy (non-hydrogen) atoms. The Bertz CT molecular complexity index is 1080. The normalized spacial score (nSPS) is 11.6. The molecule has 3 aromatic rings. The summed E-state index contributed by atoms with van der Waals surface area (Å²) in [5.74, 6) is -3.00. The number of para-hydroxylation sites is 2. The van der Waals surface area contributed by atoms with E-state index >= 15 is 0 Å². The van der Waals surface area contributed by atoms with E-state index in [4.69, 9.17) is 0 Å². The number of aliphatic carboxylic acids is 1. The Morgan fingerprint density at radius 1 is 1.16 bits per heavy atom. The van der Waals surface area contributed by atoms with Crippen LogP contribution in [0.3, 0.4) is 0 Å². The van der Waals surface area contributed by atoms with E-state index in [2.05, 4.69) is 5.10 Å². The first kappa shape index (κ1) is 21.7. The van der Waals surface area contributed by atoms with Gasteiger partial charge in [-0.2, -0.15) is 5.10 Å². The number of hydrogen-bond acceptors (Lipinski definition) is 5. The molecule has 1 aromatic heterocycles. The third kappa shape index (κ3) is 5.13. The topological polar surface area (TPSA) is 119 Å². The van der Waals surface area contributed by atoms with Crippen molar-refractivity contribution in [1.29, 1.82) is 0 Å². The first-order valence-corrected chi connectivity index (χ1v) is 9.73. The number of benzene rings is 2. The number of carbonyl (C=O) groups is 2. The molecule has 0 aliphatic carbocycles. The molecule has 0 saturated carbocycles. The zero-order valence-electron chi connectivity index (χ0n) is 16.9. The van der Waals surface area contributed by atoms with Gasteiger partial charge in [0, 0.05) is 24.5 Å². The summed E-state index contributed by atoms with van der Waals surface area (Å²) in [6.45, 7) is 2.28. The standard InChI is InChI=1S/C22H22N4O5/c1-2-25(18-9-4-3-5-10-18)21(27)19(22(28)29)12-16-13-23-24(14-16)15-17-8-6-7-11-20(17)26(30)31/h3-11,13-14,19H,2,12,15H2,1H3,(H,28,29). The minimum Gasteiger partial charge on any atom is -0.481 e. The summed E-state index contributed by atoms with van der Waals surface area (Å²) in [5, 5.41) is 25.1. The van der Waals surface area contributed by atoms with Gasteiger partial charge in [-0.25, -0.2) is 0 Å². The molecule has 0 aliphatic heterocycles. The molecule has 1 amide bonds. The van der Waals surface area contributed by atoms with Crippen LogP contribution < -0.4 is 4.90 Å². The molecule has 0 fully saturated rings. The van der Waals surface area contributed by atoms with Gasteiger partial charge in [0.2, 0.25) is 5.91 Å². The van der Waals surface area contributed by atoms with Gasteiger partial charge in [-0.05, 0) is 31.0 Å². The molecule has 9 nitrogen and oxygen atoms in total. The Morgan fingerprint density at radius 3 is 2.48 bits per heavy atom. The number of hydrogen-bond donors (Lipinski definition) is 1. The number of anilines is 1. The van der Waals surface area contributed by atoms with Gasteiger partial charge >= 0.3 is 5.97 Å². The Kier molecular flexibility index (Phi) is 6.76. The summed E-state index contributed by atoms with van der Waals surface area (Å²) < 4.78 is 1.50. The maximum absolute atomic E-state index is 13.0. The average Bonchev–Trinajstić information content (AvgIpc) is 3.20. The van der Waals surface area contributed by atoms with Crippen molar-refractivity contribution in [3.05, 3.63) is 88.2 Å². The number of nitrogens with zero attached hydrogens (tertiary/aromatic N) is 4. The Hall–Kier alpha value is -4.01. The van der Waals surface area contributed by atoms with Crippen LogP contribution in [0.4, 0.5) is 11.4 Å². The fourth-order valence-electron chi connectivity index (χ4n) is 3.37. The molecular formula is C22H22N4O5. The van der Waals surface area contributed by atoms with E-state index in [0.29, 0.717) is 23.4 Å². The van der Waals surface area contributed by atoms with Crippen molar-refractivity contribution in [3.63, 3.8) is 0 Å². The van der Waals surface area contributed by atoms with Gasteiger partial charge in [-0.1, -0.05) is 36.4 Å². The second-order valence-corrected chi connectivity index (χ2v) is 6.94. The highest BCUT2D eigenvalue weighted by Gasteiger charge is 2.31. The summed E-state index contributed by atoms with van der Waals surface area (Å²) in [6, 6.07) is 15.3. The predicted molar refractivity (Wildman–Crippen MR) is 114 cm³/mol. The lowest BCUT2D eigenvalue weighted by molar-refractivity contribution is -0.385. The van der Waals surface area contributed by atoms with Crippen LogP contribution in [0.15, 0.2) is 67.0 Å². The molecule has 0 saturated heterocycles. The summed E-state index contributed by atoms with van der Waals surface area (Å²) >= 11 is 0. The highest BCUT2D eigenvalue weighted by molar-refractivity contribution is 6.05. The van der Waals surface area contributed by atoms with Crippen LogP contribution in [-0.4, -0.2) is 38.2 Å². The van der Waals surface area contributed by atoms with Gasteiger partial charge in [0.1, 0.15) is 5.92 Å². The minimum atomic E-state index is -1.27. The van der Waals surface area contributed by atoms with Gasteiger partial charge in [0.25, 0.3) is 5.69 Å². The van der Waals surface area contributed by atoms with Crippen molar-refractivity contribution in [2.45, 2.75) is 19.9 Å². The van der Waals surface area contributed by atoms with E-state index in [1.807, 2.05) is 6.07 Å². The number of carboxylic acids is 1. The van der Waals surface area contributed by atoms with E-state index in [9.17, 15) is 24.8 Å². The van der Waals surface area contributed by atoms with E-state index in [0.717, 1.165) is 0 Å². The van der Waals surface area contributed by atoms with Gasteiger partial charge in [-0.3, -0.25) is 24.4 Å². The van der Waals surface area contributed by atoms with Gasteiger partial charge in [-0.15, -0.1) is 0 Å². The Morgan fingerprint density at radius 2 is 1.84 bits per heavy atom. The van der Waals surface area contributed by atoms with E-state index in [1.165, 1.54) is 21.8 Å². The fourth-order valence-corrected chi connectivity index (χ4v) is 3.37. The van der Waals surface area contributed by atoms with E-state index in [1.54, 1.807) is 55.6 Å². The molecule has 1 N–H and O–H groups in total. The molecule has 0 aliphatic rings. The molecule has 1 unspecified atom stereocenters. The molecule has 3 rings (SSSR count). The number of amides is 1. The monoisotopic (exact) mass is 422 g/mol. The van der Waals surface area contributed by atoms with Crippen LogP contribution >= 0.6 is 0 Å². The van der Waals surface area contributed by atoms with Crippen LogP contribution in [0.2, 0.25) is 0 Å². The molecule has 0 spiro atoms. The number of nitro benzene ring substituents is 1. The van der Waals surface area contributed by atoms with Crippen molar-refractivity contribution in [3.8, 4) is 0 Å². The maximum Gasteiger partial charge on any atom is 0.316 e. The van der Waals surface area contributed by atoms with E-state index < -0.39 is 22.7 Å². The second-order valence-electron chi connectivity index (χ2n) is 6.94. The average molecular weight is 422 g/mol. The number of nitro groups is 1. The SMILES string of the molecule is CCN(C(=O)C(Cc1cnn(Cc2ccccc2[N+](=O)[O-])c1)C(=O)O)c1ccccc1. The Labute approximate surface area is 178 Å². The maximum atomic E-state index is 13.0. The van der Waals surface area contributed by atoms with Gasteiger partial charge in [0.15, 0.2) is 0 Å². The first-order valence-electron chi connectivity index (χ1n) is 9.73. The Balaban J connectivity index is 1.77. The summed E-state index contributed by atoms with van der Waals surface area (Å²) in [6.07, 6.45) is 3.06. The summed E-state index contributed by atoms with van der Waals surface area (Å²) in [5.41, 5.74) is 1.66. The minimum absolute atomic E-state index is 0.0143. The van der Waals surface area contributed by atoms with Crippen molar-refractivity contribution >= 4 is 23.3 Å². The third-order valence-corrected chi connectivity index (χ3v) is 4.89. The zero-order chi connectivity index (χ0) is 22.4. The van der Waals surface area contributed by atoms with Crippen LogP contribution in [0.25, 0.3) is 0 Å². The molecular weight excluding hydrogens is 400 g/mol. The number of rotatable bonds is 9. The van der Waals surface area contributed by atoms with Crippen molar-refractivity contribution < 1.29 is 19.6 Å². The smallest absolute Gasteiger partial charge is 0.316 e. The predicted octanol–water partition coefficient (Wildman–Crippen LogP) is 3.14. The number of carboxylic acid groups (broad SMARTS) is 1. The highest BCUT2D eigenvalue weighted by Crippen LogP contribution is 2.21. The first-order chi connectivity index (χ1) is 14.9. The van der Waals surface area contributed by atoms with Gasteiger partial charge < -0.3 is 10.0 Å². The van der Waals surface area contributed by atoms with E-state index in [-0.39, 0.29) is 18.7 Å². The van der Waals surface area contributed by atoms with Crippen molar-refractivity contribution in [1.82, 2.24) is 9.78 Å². The lowest BCUT2D eigenvalue weighted by Gasteiger charge is -2.24. The highest BCUT2D eigenvalue weighted by atomic mass is 16.6. The lowest BCUT2D eigenvalue weighted by Crippen LogP contribution is -2.40. The van der Waals surface area contributed by atoms with Crippen molar-refractivity contribution in [2.75, 3.05) is 11.4 Å². The molecule has 0 bridgehead atoms. The quantitative estimate of drug-likeness (QED) is 0.321. The molecule has 2 aromatic carbocycles. The zero-order valence-corrected chi connectivity index (χ0v) is 16.9. The number of aromatic nitrogens is 2. The molecule has 160 valence electrons. The second kappa shape index (κ2) is 9.66. The largest absolute Gasteiger partial charge is 0.481 e. The third-order valence-electron chi connectivity index (χ3n) is 4.89. The summed E-state index contributed by atoms with van der Waals surface area (Å²) in [7, 11) is 0. The number of carbonyl (C=O) groups excluding carboxylic acids is 1.